The predicted octanol–water partition coefficient (Wildman–Crippen LogP) is 4.79. The molecule has 26 heavy (non-hydrogen) atoms. The van der Waals surface area contributed by atoms with Crippen molar-refractivity contribution < 1.29 is 4.92 Å². The zero-order valence-electron chi connectivity index (χ0n) is 15.2. The summed E-state index contributed by atoms with van der Waals surface area (Å²) in [5.74, 6) is 0.712. The Balaban J connectivity index is 1.52. The van der Waals surface area contributed by atoms with Crippen LogP contribution in [0.25, 0.3) is 5.70 Å². The van der Waals surface area contributed by atoms with E-state index in [-0.39, 0.29) is 11.1 Å². The van der Waals surface area contributed by atoms with E-state index in [9.17, 15) is 10.1 Å². The number of hydrogen-bond acceptors (Lipinski definition) is 6. The molecule has 3 aliphatic rings. The molecule has 0 amide bonds. The number of thioether (sulfide) groups is 1. The molecular formula is C19H22N4O2S. The zero-order valence-corrected chi connectivity index (χ0v) is 16.0. The third-order valence-electron chi connectivity index (χ3n) is 6.66. The van der Waals surface area contributed by atoms with E-state index in [0.29, 0.717) is 16.5 Å². The number of non-ortho nitro benzene ring substituents is 1. The highest BCUT2D eigenvalue weighted by molar-refractivity contribution is 8.16. The van der Waals surface area contributed by atoms with Crippen LogP contribution < -0.4 is 5.43 Å². The van der Waals surface area contributed by atoms with E-state index in [1.165, 1.54) is 36.4 Å². The summed E-state index contributed by atoms with van der Waals surface area (Å²) in [6.07, 6.45) is 3.55. The number of rotatable bonds is 2. The number of nitro benzene ring substituents is 1. The fraction of sp³-hybridized carbons (Fsp3) is 0.474. The topological polar surface area (TPSA) is 79.9 Å². The van der Waals surface area contributed by atoms with Gasteiger partial charge in [0.2, 0.25) is 5.17 Å². The number of nitrogens with zero attached hydrogens (tertiary/aromatic N) is 3. The van der Waals surface area contributed by atoms with Crippen molar-refractivity contribution in [2.45, 2.75) is 40.0 Å². The molecule has 1 aromatic rings. The summed E-state index contributed by atoms with van der Waals surface area (Å²) in [4.78, 5) is 15.4. The number of nitro groups is 1. The number of hydrazone groups is 1. The largest absolute Gasteiger partial charge is 0.275 e. The minimum absolute atomic E-state index is 0.0716. The van der Waals surface area contributed by atoms with Gasteiger partial charge in [-0.1, -0.05) is 44.7 Å². The molecule has 2 unspecified atom stereocenters. The normalized spacial score (nSPS) is 30.7. The summed E-state index contributed by atoms with van der Waals surface area (Å²) in [5, 5.41) is 18.0. The highest BCUT2D eigenvalue weighted by Crippen LogP contribution is 2.64. The smallest absolute Gasteiger partial charge is 0.270 e. The van der Waals surface area contributed by atoms with Gasteiger partial charge < -0.3 is 0 Å². The van der Waals surface area contributed by atoms with Crippen LogP contribution in [-0.4, -0.2) is 15.8 Å². The summed E-state index contributed by atoms with van der Waals surface area (Å²) in [6.45, 7) is 7.06. The molecule has 136 valence electrons. The quantitative estimate of drug-likeness (QED) is 0.600. The first kappa shape index (κ1) is 17.3. The van der Waals surface area contributed by atoms with Gasteiger partial charge in [0, 0.05) is 34.2 Å². The van der Waals surface area contributed by atoms with Crippen molar-refractivity contribution in [2.75, 3.05) is 0 Å². The Morgan fingerprint density at radius 2 is 2.19 bits per heavy atom. The van der Waals surface area contributed by atoms with Crippen LogP contribution in [-0.2, 0) is 0 Å². The maximum Gasteiger partial charge on any atom is 0.270 e. The lowest BCUT2D eigenvalue weighted by molar-refractivity contribution is -0.384. The Bertz CT molecular complexity index is 874. The fourth-order valence-corrected chi connectivity index (χ4v) is 5.13. The van der Waals surface area contributed by atoms with Gasteiger partial charge in [-0.2, -0.15) is 0 Å². The van der Waals surface area contributed by atoms with Crippen LogP contribution in [0.15, 0.2) is 39.8 Å². The molecule has 1 aliphatic heterocycles. The van der Waals surface area contributed by atoms with Crippen molar-refractivity contribution in [3.05, 3.63) is 45.4 Å². The molecule has 2 fully saturated rings. The van der Waals surface area contributed by atoms with Gasteiger partial charge in [0.1, 0.15) is 0 Å². The Hall–Kier alpha value is -2.15. The number of nitrogens with one attached hydrogen (secondary N) is 1. The molecule has 0 saturated heterocycles. The van der Waals surface area contributed by atoms with Crippen molar-refractivity contribution in [3.8, 4) is 0 Å². The van der Waals surface area contributed by atoms with Crippen LogP contribution in [0.4, 0.5) is 5.69 Å². The van der Waals surface area contributed by atoms with E-state index in [2.05, 4.69) is 31.3 Å². The first-order chi connectivity index (χ1) is 12.3. The summed E-state index contributed by atoms with van der Waals surface area (Å²) < 4.78 is 0. The second kappa shape index (κ2) is 5.94. The number of aliphatic imine (C=N–C) groups is 1. The maximum atomic E-state index is 10.9. The van der Waals surface area contributed by atoms with Gasteiger partial charge in [0.15, 0.2) is 0 Å². The molecule has 2 aliphatic carbocycles. The second-order valence-electron chi connectivity index (χ2n) is 8.02. The van der Waals surface area contributed by atoms with Gasteiger partial charge in [-0.25, -0.2) is 4.99 Å². The first-order valence-corrected chi connectivity index (χ1v) is 9.72. The minimum Gasteiger partial charge on any atom is -0.275 e. The average Bonchev–Trinajstić information content (AvgIpc) is 2.96. The van der Waals surface area contributed by atoms with E-state index in [1.807, 2.05) is 11.5 Å². The van der Waals surface area contributed by atoms with Gasteiger partial charge >= 0.3 is 0 Å². The first-order valence-electron chi connectivity index (χ1n) is 8.85. The van der Waals surface area contributed by atoms with Crippen LogP contribution in [0.1, 0.15) is 45.6 Å². The third-order valence-corrected chi connectivity index (χ3v) is 7.41. The second-order valence-corrected chi connectivity index (χ2v) is 8.85. The summed E-state index contributed by atoms with van der Waals surface area (Å²) in [7, 11) is 0. The number of benzene rings is 1. The van der Waals surface area contributed by atoms with E-state index < -0.39 is 4.92 Å². The Morgan fingerprint density at radius 3 is 2.77 bits per heavy atom. The lowest BCUT2D eigenvalue weighted by Gasteiger charge is -2.34. The highest BCUT2D eigenvalue weighted by Gasteiger charge is 2.59. The van der Waals surface area contributed by atoms with Crippen molar-refractivity contribution in [1.82, 2.24) is 5.43 Å². The molecular weight excluding hydrogens is 348 g/mol. The fourth-order valence-electron chi connectivity index (χ4n) is 4.46. The van der Waals surface area contributed by atoms with Crippen LogP contribution in [0.5, 0.6) is 0 Å². The minimum atomic E-state index is -0.391. The third kappa shape index (κ3) is 2.57. The summed E-state index contributed by atoms with van der Waals surface area (Å²) in [6, 6.07) is 6.54. The van der Waals surface area contributed by atoms with Crippen molar-refractivity contribution in [2.24, 2.45) is 26.8 Å². The molecule has 6 nitrogen and oxygen atoms in total. The molecule has 1 aromatic carbocycles. The SMILES string of the molecule is CC12CCC(CC1=NC1=NNC(c3cccc([N+](=O)[O-])c3)=CS1)C2(C)C. The number of amidine groups is 1. The van der Waals surface area contributed by atoms with E-state index in [0.717, 1.165) is 17.7 Å². The van der Waals surface area contributed by atoms with Crippen molar-refractivity contribution in [3.63, 3.8) is 0 Å². The summed E-state index contributed by atoms with van der Waals surface area (Å²) in [5.41, 5.74) is 6.29. The number of fused-ring (bicyclic) bond motifs is 2. The van der Waals surface area contributed by atoms with Gasteiger partial charge in [0.05, 0.1) is 10.6 Å². The predicted molar refractivity (Wildman–Crippen MR) is 106 cm³/mol. The molecule has 2 bridgehead atoms. The number of hydrogen-bond donors (Lipinski definition) is 1. The van der Waals surface area contributed by atoms with Crippen LogP contribution in [0.2, 0.25) is 0 Å². The van der Waals surface area contributed by atoms with Crippen LogP contribution in [0, 0.1) is 26.9 Å². The van der Waals surface area contributed by atoms with Crippen molar-refractivity contribution >= 4 is 34.0 Å². The van der Waals surface area contributed by atoms with E-state index >= 15 is 0 Å². The molecule has 0 aromatic heterocycles. The van der Waals surface area contributed by atoms with Crippen molar-refractivity contribution in [1.29, 1.82) is 0 Å². The van der Waals surface area contributed by atoms with E-state index in [1.54, 1.807) is 12.1 Å². The van der Waals surface area contributed by atoms with E-state index in [4.69, 9.17) is 4.99 Å². The van der Waals surface area contributed by atoms with Gasteiger partial charge in [-0.05, 0) is 30.6 Å². The molecule has 0 radical (unpaired) electrons. The Labute approximate surface area is 157 Å². The monoisotopic (exact) mass is 370 g/mol. The molecule has 0 spiro atoms. The Kier molecular flexibility index (Phi) is 3.95. The van der Waals surface area contributed by atoms with Crippen LogP contribution >= 0.6 is 11.8 Å². The standard InChI is InChI=1S/C19H22N4O2S/c1-18(2)13-7-8-19(18,3)16(10-13)20-17-22-21-15(11-26-17)12-5-4-6-14(9-12)23(24)25/h4-6,9,11,13,21H,7-8,10H2,1-3H3. The maximum absolute atomic E-state index is 10.9. The van der Waals surface area contributed by atoms with Crippen LogP contribution in [0.3, 0.4) is 0 Å². The Morgan fingerprint density at radius 1 is 1.38 bits per heavy atom. The van der Waals surface area contributed by atoms with Gasteiger partial charge in [-0.3, -0.25) is 15.5 Å². The molecule has 1 heterocycles. The molecule has 4 rings (SSSR count). The zero-order chi connectivity index (χ0) is 18.5. The average molecular weight is 370 g/mol. The molecule has 7 heteroatoms. The lowest BCUT2D eigenvalue weighted by Crippen LogP contribution is -2.33. The van der Waals surface area contributed by atoms with Gasteiger partial charge in [-0.15, -0.1) is 5.10 Å². The molecule has 2 atom stereocenters. The van der Waals surface area contributed by atoms with Gasteiger partial charge in [0.25, 0.3) is 5.69 Å². The molecule has 1 N–H and O–H groups in total. The highest BCUT2D eigenvalue weighted by atomic mass is 32.2. The molecule has 2 saturated carbocycles. The summed E-state index contributed by atoms with van der Waals surface area (Å²) >= 11 is 1.46. The lowest BCUT2D eigenvalue weighted by atomic mass is 9.70.